The molecule has 130 valence electrons. The normalized spacial score (nSPS) is 15.1. The van der Waals surface area contributed by atoms with Crippen molar-refractivity contribution >= 4 is 40.7 Å². The first kappa shape index (κ1) is 17.8. The minimum Gasteiger partial charge on any atom is -0.335 e. The van der Waals surface area contributed by atoms with Crippen LogP contribution >= 0.6 is 23.7 Å². The Bertz CT molecular complexity index is 847. The van der Waals surface area contributed by atoms with E-state index in [0.717, 1.165) is 43.8 Å². The van der Waals surface area contributed by atoms with Gasteiger partial charge in [-0.05, 0) is 34.5 Å². The summed E-state index contributed by atoms with van der Waals surface area (Å²) in [5.41, 5.74) is 3.36. The van der Waals surface area contributed by atoms with Crippen molar-refractivity contribution in [1.29, 1.82) is 0 Å². The van der Waals surface area contributed by atoms with E-state index in [0.29, 0.717) is 5.69 Å². The predicted octanol–water partition coefficient (Wildman–Crippen LogP) is 3.07. The third-order valence-corrected chi connectivity index (χ3v) is 5.05. The first-order valence-electron chi connectivity index (χ1n) is 8.04. The molecular formula is C18H19ClN4OS. The summed E-state index contributed by atoms with van der Waals surface area (Å²) in [5.74, 6) is -0.0246. The number of piperazine rings is 1. The summed E-state index contributed by atoms with van der Waals surface area (Å²) in [6, 6.07) is 9.78. The molecule has 3 heterocycles. The zero-order chi connectivity index (χ0) is 16.4. The van der Waals surface area contributed by atoms with Gasteiger partial charge in [-0.3, -0.25) is 14.7 Å². The molecule has 0 spiro atoms. The number of carbonyl (C=O) groups is 1. The number of rotatable bonds is 3. The number of amides is 1. The summed E-state index contributed by atoms with van der Waals surface area (Å²) in [6.45, 7) is 4.21. The van der Waals surface area contributed by atoms with E-state index in [9.17, 15) is 4.79 Å². The van der Waals surface area contributed by atoms with Crippen LogP contribution in [-0.2, 0) is 6.54 Å². The third kappa shape index (κ3) is 3.98. The fraction of sp³-hybridized carbons (Fsp3) is 0.278. The van der Waals surface area contributed by atoms with Gasteiger partial charge in [0.15, 0.2) is 0 Å². The van der Waals surface area contributed by atoms with E-state index in [1.165, 1.54) is 5.56 Å². The molecule has 3 aromatic rings. The fourth-order valence-corrected chi connectivity index (χ4v) is 3.63. The Labute approximate surface area is 156 Å². The summed E-state index contributed by atoms with van der Waals surface area (Å²) >= 11 is 1.73. The summed E-state index contributed by atoms with van der Waals surface area (Å²) in [4.78, 5) is 25.7. The molecule has 1 aromatic carbocycles. The number of fused-ring (bicyclic) bond motifs is 1. The average Bonchev–Trinajstić information content (AvgIpc) is 3.14. The molecule has 0 bridgehead atoms. The molecule has 2 aromatic heterocycles. The maximum absolute atomic E-state index is 12.7. The van der Waals surface area contributed by atoms with Crippen LogP contribution in [0.3, 0.4) is 0 Å². The number of carbonyl (C=O) groups excluding carboxylic acids is 1. The Kier molecular flexibility index (Phi) is 5.63. The Balaban J connectivity index is 0.00000182. The predicted molar refractivity (Wildman–Crippen MR) is 102 cm³/mol. The largest absolute Gasteiger partial charge is 0.335 e. The second-order valence-corrected chi connectivity index (χ2v) is 6.72. The van der Waals surface area contributed by atoms with Crippen LogP contribution in [0, 0.1) is 0 Å². The minimum absolute atomic E-state index is 0. The number of benzene rings is 1. The molecular weight excluding hydrogens is 356 g/mol. The van der Waals surface area contributed by atoms with Crippen LogP contribution in [0.4, 0.5) is 0 Å². The maximum atomic E-state index is 12.7. The summed E-state index contributed by atoms with van der Waals surface area (Å²) < 4.78 is 0. The van der Waals surface area contributed by atoms with Crippen molar-refractivity contribution in [2.45, 2.75) is 6.54 Å². The van der Waals surface area contributed by atoms with Gasteiger partial charge in [0.25, 0.3) is 5.91 Å². The smallest absolute Gasteiger partial charge is 0.274 e. The van der Waals surface area contributed by atoms with Crippen molar-refractivity contribution < 1.29 is 4.79 Å². The number of thiophene rings is 1. The van der Waals surface area contributed by atoms with Crippen molar-refractivity contribution in [1.82, 2.24) is 19.8 Å². The van der Waals surface area contributed by atoms with Crippen LogP contribution in [0.2, 0.25) is 0 Å². The number of halogens is 1. The number of hydrogen-bond donors (Lipinski definition) is 0. The molecule has 1 fully saturated rings. The highest BCUT2D eigenvalue weighted by Gasteiger charge is 2.23. The standard InChI is InChI=1S/C18H18N4OS.ClH/c23-18(17-11-19-15-3-1-2-4-16(15)20-17)22-8-6-21(7-9-22)12-14-5-10-24-13-14;/h1-5,10-11,13H,6-9,12H2;1H. The molecule has 0 saturated carbocycles. The van der Waals surface area contributed by atoms with Gasteiger partial charge in [-0.2, -0.15) is 11.3 Å². The molecule has 0 aliphatic carbocycles. The van der Waals surface area contributed by atoms with Crippen LogP contribution in [0.25, 0.3) is 11.0 Å². The van der Waals surface area contributed by atoms with Crippen molar-refractivity contribution in [3.63, 3.8) is 0 Å². The van der Waals surface area contributed by atoms with E-state index in [4.69, 9.17) is 0 Å². The zero-order valence-corrected chi connectivity index (χ0v) is 15.3. The lowest BCUT2D eigenvalue weighted by Gasteiger charge is -2.34. The summed E-state index contributed by atoms with van der Waals surface area (Å²) in [5, 5.41) is 4.29. The van der Waals surface area contributed by atoms with Gasteiger partial charge >= 0.3 is 0 Å². The van der Waals surface area contributed by atoms with E-state index >= 15 is 0 Å². The average molecular weight is 375 g/mol. The van der Waals surface area contributed by atoms with Gasteiger partial charge in [0, 0.05) is 32.7 Å². The van der Waals surface area contributed by atoms with Crippen LogP contribution < -0.4 is 0 Å². The first-order valence-corrected chi connectivity index (χ1v) is 8.98. The molecule has 25 heavy (non-hydrogen) atoms. The minimum atomic E-state index is -0.0246. The third-order valence-electron chi connectivity index (χ3n) is 4.31. The Hall–Kier alpha value is -2.02. The number of para-hydroxylation sites is 2. The van der Waals surface area contributed by atoms with Crippen molar-refractivity contribution in [2.75, 3.05) is 26.2 Å². The van der Waals surface area contributed by atoms with Gasteiger partial charge in [0.2, 0.25) is 0 Å². The summed E-state index contributed by atoms with van der Waals surface area (Å²) in [7, 11) is 0. The van der Waals surface area contributed by atoms with Gasteiger partial charge in [-0.15, -0.1) is 12.4 Å². The molecule has 0 N–H and O–H groups in total. The highest BCUT2D eigenvalue weighted by molar-refractivity contribution is 7.07. The van der Waals surface area contributed by atoms with E-state index in [-0.39, 0.29) is 18.3 Å². The van der Waals surface area contributed by atoms with Crippen LogP contribution in [0.15, 0.2) is 47.3 Å². The molecule has 7 heteroatoms. The molecule has 5 nitrogen and oxygen atoms in total. The molecule has 1 aliphatic rings. The highest BCUT2D eigenvalue weighted by Crippen LogP contribution is 2.14. The zero-order valence-electron chi connectivity index (χ0n) is 13.7. The lowest BCUT2D eigenvalue weighted by atomic mass is 10.2. The van der Waals surface area contributed by atoms with Crippen LogP contribution in [-0.4, -0.2) is 51.9 Å². The van der Waals surface area contributed by atoms with Gasteiger partial charge in [0.1, 0.15) is 5.69 Å². The first-order chi connectivity index (χ1) is 11.8. The molecule has 0 atom stereocenters. The molecule has 4 rings (SSSR count). The molecule has 1 saturated heterocycles. The highest BCUT2D eigenvalue weighted by atomic mass is 35.5. The Morgan fingerprint density at radius 1 is 1.08 bits per heavy atom. The van der Waals surface area contributed by atoms with E-state index in [1.807, 2.05) is 29.2 Å². The topological polar surface area (TPSA) is 49.3 Å². The Morgan fingerprint density at radius 3 is 2.56 bits per heavy atom. The number of nitrogens with zero attached hydrogens (tertiary/aromatic N) is 4. The van der Waals surface area contributed by atoms with Gasteiger partial charge in [-0.25, -0.2) is 4.98 Å². The van der Waals surface area contributed by atoms with Crippen LogP contribution in [0.5, 0.6) is 0 Å². The Morgan fingerprint density at radius 2 is 1.84 bits per heavy atom. The van der Waals surface area contributed by atoms with E-state index < -0.39 is 0 Å². The van der Waals surface area contributed by atoms with E-state index in [1.54, 1.807) is 17.5 Å². The SMILES string of the molecule is Cl.O=C(c1cnc2ccccc2n1)N1CCN(Cc2ccsc2)CC1. The van der Waals surface area contributed by atoms with Crippen molar-refractivity contribution in [2.24, 2.45) is 0 Å². The van der Waals surface area contributed by atoms with Gasteiger partial charge in [0.05, 0.1) is 17.2 Å². The second-order valence-electron chi connectivity index (χ2n) is 5.94. The van der Waals surface area contributed by atoms with Crippen molar-refractivity contribution in [3.05, 3.63) is 58.5 Å². The maximum Gasteiger partial charge on any atom is 0.274 e. The molecule has 0 unspecified atom stereocenters. The quantitative estimate of drug-likeness (QED) is 0.707. The van der Waals surface area contributed by atoms with Crippen LogP contribution in [0.1, 0.15) is 16.1 Å². The van der Waals surface area contributed by atoms with E-state index in [2.05, 4.69) is 31.7 Å². The monoisotopic (exact) mass is 374 g/mol. The summed E-state index contributed by atoms with van der Waals surface area (Å²) in [6.07, 6.45) is 1.59. The van der Waals surface area contributed by atoms with Gasteiger partial charge in [-0.1, -0.05) is 12.1 Å². The number of hydrogen-bond acceptors (Lipinski definition) is 5. The van der Waals surface area contributed by atoms with Gasteiger partial charge < -0.3 is 4.90 Å². The molecule has 0 radical (unpaired) electrons. The fourth-order valence-electron chi connectivity index (χ4n) is 2.97. The molecule has 1 aliphatic heterocycles. The van der Waals surface area contributed by atoms with Crippen molar-refractivity contribution in [3.8, 4) is 0 Å². The lowest BCUT2D eigenvalue weighted by molar-refractivity contribution is 0.0623. The second kappa shape index (κ2) is 7.91. The number of aromatic nitrogens is 2. The lowest BCUT2D eigenvalue weighted by Crippen LogP contribution is -2.48. The molecule has 1 amide bonds.